The number of hydrogen-bond acceptors (Lipinski definition) is 0. The summed E-state index contributed by atoms with van der Waals surface area (Å²) in [4.78, 5) is 0. The van der Waals surface area contributed by atoms with Crippen LogP contribution in [0.15, 0.2) is 28.7 Å². The maximum Gasteiger partial charge on any atom is 0.0433 e. The van der Waals surface area contributed by atoms with Gasteiger partial charge in [0.2, 0.25) is 0 Å². The summed E-state index contributed by atoms with van der Waals surface area (Å²) in [5, 5.41) is 0. The van der Waals surface area contributed by atoms with E-state index in [1.807, 2.05) is 19.9 Å². The zero-order valence-corrected chi connectivity index (χ0v) is 5.08. The Bertz CT molecular complexity index is 190. The first-order valence-electron chi connectivity index (χ1n) is 2.58. The highest BCUT2D eigenvalue weighted by atomic mass is 13.9. The summed E-state index contributed by atoms with van der Waals surface area (Å²) in [6, 6.07) is 0. The van der Waals surface area contributed by atoms with Crippen LogP contribution >= 0.6 is 0 Å². The molecule has 0 atom stereocenters. The third-order valence-corrected chi connectivity index (χ3v) is 0.952. The van der Waals surface area contributed by atoms with Gasteiger partial charge in [-0.3, -0.25) is 0 Å². The SMILES string of the molecule is CC1=C=CC(C)=C=[C]1. The molecular weight excluding hydrogens is 96.1 g/mol. The summed E-state index contributed by atoms with van der Waals surface area (Å²) in [5.41, 5.74) is 8.07. The fraction of sp³-hybridized carbons (Fsp3) is 0.250. The predicted molar refractivity (Wildman–Crippen MR) is 33.2 cm³/mol. The quantitative estimate of drug-likeness (QED) is 0.411. The molecule has 0 spiro atoms. The van der Waals surface area contributed by atoms with E-state index in [-0.39, 0.29) is 0 Å². The summed E-state index contributed by atoms with van der Waals surface area (Å²) in [5.74, 6) is 0. The molecule has 0 fully saturated rings. The zero-order valence-electron chi connectivity index (χ0n) is 5.08. The van der Waals surface area contributed by atoms with Crippen LogP contribution in [0.4, 0.5) is 0 Å². The van der Waals surface area contributed by atoms with Crippen LogP contribution in [0.3, 0.4) is 0 Å². The normalized spacial score (nSPS) is 15.8. The summed E-state index contributed by atoms with van der Waals surface area (Å²) in [7, 11) is 0. The monoisotopic (exact) mass is 103 g/mol. The first kappa shape index (κ1) is 5.18. The van der Waals surface area contributed by atoms with E-state index in [0.29, 0.717) is 0 Å². The third kappa shape index (κ3) is 1.01. The Morgan fingerprint density at radius 2 is 2.12 bits per heavy atom. The maximum atomic E-state index is 3.01. The Morgan fingerprint density at radius 3 is 2.50 bits per heavy atom. The van der Waals surface area contributed by atoms with Crippen molar-refractivity contribution in [3.63, 3.8) is 0 Å². The van der Waals surface area contributed by atoms with Crippen LogP contribution in [0.5, 0.6) is 0 Å². The lowest BCUT2D eigenvalue weighted by molar-refractivity contribution is 1.43. The fourth-order valence-corrected chi connectivity index (χ4v) is 0.481. The van der Waals surface area contributed by atoms with Crippen molar-refractivity contribution in [1.82, 2.24) is 0 Å². The van der Waals surface area contributed by atoms with Gasteiger partial charge in [0.1, 0.15) is 0 Å². The Hall–Kier alpha value is -0.960. The van der Waals surface area contributed by atoms with Crippen LogP contribution < -0.4 is 0 Å². The third-order valence-electron chi connectivity index (χ3n) is 0.952. The first-order chi connectivity index (χ1) is 3.79. The van der Waals surface area contributed by atoms with Crippen molar-refractivity contribution < 1.29 is 0 Å². The highest BCUT2D eigenvalue weighted by Gasteiger charge is 1.83. The molecule has 1 aliphatic carbocycles. The van der Waals surface area contributed by atoms with Gasteiger partial charge in [-0.1, -0.05) is 0 Å². The Kier molecular flexibility index (Phi) is 1.22. The van der Waals surface area contributed by atoms with Gasteiger partial charge in [0.15, 0.2) is 0 Å². The van der Waals surface area contributed by atoms with Gasteiger partial charge in [0.25, 0.3) is 0 Å². The predicted octanol–water partition coefficient (Wildman–Crippen LogP) is 2.01. The first-order valence-corrected chi connectivity index (χ1v) is 2.58. The molecule has 0 aromatic rings. The summed E-state index contributed by atoms with van der Waals surface area (Å²) < 4.78 is 0. The molecule has 0 heterocycles. The van der Waals surface area contributed by atoms with Gasteiger partial charge in [-0.25, -0.2) is 0 Å². The van der Waals surface area contributed by atoms with Gasteiger partial charge in [0, 0.05) is 11.6 Å². The molecule has 0 nitrogen and oxygen atoms in total. The standard InChI is InChI=1S/C8H7/c1-7-3-5-8(2)6-4-7/h3H,1-2H3. The highest BCUT2D eigenvalue weighted by molar-refractivity contribution is 5.24. The molecular formula is C8H7. The Balaban J connectivity index is 3.03. The molecule has 1 aliphatic rings. The van der Waals surface area contributed by atoms with E-state index in [0.717, 1.165) is 11.1 Å². The van der Waals surface area contributed by atoms with Gasteiger partial charge in [-0.2, -0.15) is 0 Å². The van der Waals surface area contributed by atoms with E-state index < -0.39 is 0 Å². The molecule has 0 saturated carbocycles. The molecule has 0 saturated heterocycles. The van der Waals surface area contributed by atoms with Crippen molar-refractivity contribution in [1.29, 1.82) is 0 Å². The number of rotatable bonds is 0. The summed E-state index contributed by atoms with van der Waals surface area (Å²) in [6.07, 6.45) is 4.83. The van der Waals surface area contributed by atoms with Crippen molar-refractivity contribution in [3.8, 4) is 0 Å². The molecule has 8 heavy (non-hydrogen) atoms. The average Bonchev–Trinajstić information content (AvgIpc) is 1.77. The van der Waals surface area contributed by atoms with E-state index in [1.165, 1.54) is 0 Å². The van der Waals surface area contributed by atoms with Crippen LogP contribution in [-0.4, -0.2) is 0 Å². The van der Waals surface area contributed by atoms with E-state index in [1.54, 1.807) is 0 Å². The minimum absolute atomic E-state index is 1.02. The fourth-order valence-electron chi connectivity index (χ4n) is 0.481. The number of allylic oxidation sites excluding steroid dienone is 2. The molecule has 0 N–H and O–H groups in total. The van der Waals surface area contributed by atoms with E-state index >= 15 is 0 Å². The second-order valence-corrected chi connectivity index (χ2v) is 1.85. The largest absolute Gasteiger partial charge is 0.115 e. The van der Waals surface area contributed by atoms with Crippen molar-refractivity contribution in [2.45, 2.75) is 13.8 Å². The zero-order chi connectivity index (χ0) is 5.98. The molecule has 0 amide bonds. The van der Waals surface area contributed by atoms with Gasteiger partial charge < -0.3 is 0 Å². The van der Waals surface area contributed by atoms with Gasteiger partial charge >= 0.3 is 0 Å². The molecule has 1 radical (unpaired) electrons. The summed E-state index contributed by atoms with van der Waals surface area (Å²) >= 11 is 0. The highest BCUT2D eigenvalue weighted by Crippen LogP contribution is 1.99. The Morgan fingerprint density at radius 1 is 1.38 bits per heavy atom. The maximum absolute atomic E-state index is 3.01. The molecule has 0 aromatic heterocycles. The lowest BCUT2D eigenvalue weighted by Crippen LogP contribution is -1.70. The van der Waals surface area contributed by atoms with Crippen LogP contribution in [-0.2, 0) is 0 Å². The molecule has 0 heteroatoms. The summed E-state index contributed by atoms with van der Waals surface area (Å²) in [6.45, 7) is 3.93. The molecule has 0 bridgehead atoms. The van der Waals surface area contributed by atoms with Crippen LogP contribution in [0, 0.1) is 6.08 Å². The van der Waals surface area contributed by atoms with E-state index in [4.69, 9.17) is 0 Å². The topological polar surface area (TPSA) is 0 Å². The average molecular weight is 103 g/mol. The Labute approximate surface area is 49.5 Å². The molecule has 0 aliphatic heterocycles. The van der Waals surface area contributed by atoms with Crippen LogP contribution in [0.25, 0.3) is 0 Å². The van der Waals surface area contributed by atoms with Crippen molar-refractivity contribution in [2.75, 3.05) is 0 Å². The lowest BCUT2D eigenvalue weighted by atomic mass is 10.2. The molecule has 39 valence electrons. The molecule has 0 aromatic carbocycles. The van der Waals surface area contributed by atoms with Crippen molar-refractivity contribution >= 4 is 0 Å². The molecule has 1 rings (SSSR count). The van der Waals surface area contributed by atoms with Crippen LogP contribution in [0.2, 0.25) is 0 Å². The van der Waals surface area contributed by atoms with Crippen LogP contribution in [0.1, 0.15) is 13.8 Å². The van der Waals surface area contributed by atoms with Crippen molar-refractivity contribution in [2.24, 2.45) is 0 Å². The minimum atomic E-state index is 1.02. The van der Waals surface area contributed by atoms with E-state index in [2.05, 4.69) is 17.5 Å². The van der Waals surface area contributed by atoms with Gasteiger partial charge in [-0.05, 0) is 25.5 Å². The van der Waals surface area contributed by atoms with Gasteiger partial charge in [0.05, 0.1) is 0 Å². The molecule has 0 unspecified atom stereocenters. The number of hydrogen-bond donors (Lipinski definition) is 0. The smallest absolute Gasteiger partial charge is 0.0433 e. The van der Waals surface area contributed by atoms with Gasteiger partial charge in [-0.15, -0.1) is 11.5 Å². The van der Waals surface area contributed by atoms with Crippen molar-refractivity contribution in [3.05, 3.63) is 34.8 Å². The second-order valence-electron chi connectivity index (χ2n) is 1.85. The lowest BCUT2D eigenvalue weighted by Gasteiger charge is -1.86. The van der Waals surface area contributed by atoms with E-state index in [9.17, 15) is 0 Å². The second kappa shape index (κ2) is 1.88. The minimum Gasteiger partial charge on any atom is -0.115 e.